The summed E-state index contributed by atoms with van der Waals surface area (Å²) >= 11 is 0. The molecule has 0 unspecified atom stereocenters. The highest BCUT2D eigenvalue weighted by atomic mass is 16.5. The second-order valence-electron chi connectivity index (χ2n) is 6.37. The van der Waals surface area contributed by atoms with Crippen molar-refractivity contribution in [2.75, 3.05) is 6.54 Å². The van der Waals surface area contributed by atoms with E-state index in [1.165, 1.54) is 6.42 Å². The maximum Gasteiger partial charge on any atom is 0.408 e. The summed E-state index contributed by atoms with van der Waals surface area (Å²) in [5.41, 5.74) is 0.885. The molecule has 2 rings (SSSR count). The van der Waals surface area contributed by atoms with Gasteiger partial charge < -0.3 is 15.4 Å². The summed E-state index contributed by atoms with van der Waals surface area (Å²) in [5, 5.41) is 13.8. The Balaban J connectivity index is 1.87. The van der Waals surface area contributed by atoms with Crippen LogP contribution in [0.2, 0.25) is 0 Å². The molecule has 1 aliphatic rings. The molecule has 0 aliphatic heterocycles. The average Bonchev–Trinajstić information content (AvgIpc) is 2.65. The fourth-order valence-corrected chi connectivity index (χ4v) is 3.14. The van der Waals surface area contributed by atoms with E-state index in [0.29, 0.717) is 12.3 Å². The van der Waals surface area contributed by atoms with Crippen LogP contribution in [0.4, 0.5) is 4.79 Å². The number of benzene rings is 1. The molecule has 0 aromatic heterocycles. The van der Waals surface area contributed by atoms with E-state index in [2.05, 4.69) is 10.6 Å². The molecule has 1 fully saturated rings. The van der Waals surface area contributed by atoms with Crippen LogP contribution in [0.5, 0.6) is 0 Å². The lowest BCUT2D eigenvalue weighted by atomic mass is 9.84. The van der Waals surface area contributed by atoms with Crippen LogP contribution in [-0.2, 0) is 16.1 Å². The van der Waals surface area contributed by atoms with Crippen molar-refractivity contribution in [2.24, 2.45) is 5.92 Å². The van der Waals surface area contributed by atoms with Gasteiger partial charge in [0.1, 0.15) is 19.2 Å². The van der Waals surface area contributed by atoms with Gasteiger partial charge in [0.25, 0.3) is 0 Å². The molecule has 0 saturated heterocycles. The van der Waals surface area contributed by atoms with Crippen molar-refractivity contribution in [3.8, 4) is 6.07 Å². The fraction of sp³-hybridized carbons (Fsp3) is 0.526. The predicted octanol–water partition coefficient (Wildman–Crippen LogP) is 2.89. The molecule has 0 spiro atoms. The number of ether oxygens (including phenoxy) is 1. The summed E-state index contributed by atoms with van der Waals surface area (Å²) in [6.45, 7) is 0.0867. The van der Waals surface area contributed by atoms with Crippen LogP contribution >= 0.6 is 0 Å². The van der Waals surface area contributed by atoms with Crippen LogP contribution in [0, 0.1) is 17.2 Å². The van der Waals surface area contributed by atoms with Crippen molar-refractivity contribution in [1.29, 1.82) is 5.26 Å². The average molecular weight is 343 g/mol. The van der Waals surface area contributed by atoms with E-state index in [1.54, 1.807) is 0 Å². The molecule has 2 N–H and O–H groups in total. The molecule has 6 heteroatoms. The van der Waals surface area contributed by atoms with E-state index < -0.39 is 12.1 Å². The number of nitrogens with one attached hydrogen (secondary N) is 2. The van der Waals surface area contributed by atoms with Crippen LogP contribution in [-0.4, -0.2) is 24.6 Å². The van der Waals surface area contributed by atoms with Crippen LogP contribution < -0.4 is 10.6 Å². The molecule has 1 aromatic rings. The van der Waals surface area contributed by atoms with Crippen LogP contribution in [0.3, 0.4) is 0 Å². The molecule has 134 valence electrons. The van der Waals surface area contributed by atoms with Gasteiger partial charge in [-0.25, -0.2) is 4.79 Å². The molecule has 0 radical (unpaired) electrons. The van der Waals surface area contributed by atoms with Crippen molar-refractivity contribution in [1.82, 2.24) is 10.6 Å². The molecule has 1 atom stereocenters. The zero-order valence-corrected chi connectivity index (χ0v) is 14.4. The Morgan fingerprint density at radius 3 is 2.60 bits per heavy atom. The fourth-order valence-electron chi connectivity index (χ4n) is 3.14. The van der Waals surface area contributed by atoms with Crippen molar-refractivity contribution in [3.05, 3.63) is 35.9 Å². The minimum absolute atomic E-state index is 0.0687. The molecule has 6 nitrogen and oxygen atoms in total. The lowest BCUT2D eigenvalue weighted by Gasteiger charge is -2.26. The van der Waals surface area contributed by atoms with Gasteiger partial charge in [-0.3, -0.25) is 4.79 Å². The normalized spacial score (nSPS) is 15.6. The third kappa shape index (κ3) is 6.84. The Morgan fingerprint density at radius 1 is 1.20 bits per heavy atom. The lowest BCUT2D eigenvalue weighted by molar-refractivity contribution is -0.123. The number of amides is 2. The zero-order valence-electron chi connectivity index (χ0n) is 14.4. The van der Waals surface area contributed by atoms with Crippen LogP contribution in [0.25, 0.3) is 0 Å². The highest BCUT2D eigenvalue weighted by Gasteiger charge is 2.26. The number of carbonyl (C=O) groups excluding carboxylic acids is 2. The largest absolute Gasteiger partial charge is 0.445 e. The molecular weight excluding hydrogens is 318 g/mol. The predicted molar refractivity (Wildman–Crippen MR) is 93.4 cm³/mol. The van der Waals surface area contributed by atoms with Crippen molar-refractivity contribution in [3.63, 3.8) is 0 Å². The van der Waals surface area contributed by atoms with E-state index >= 15 is 0 Å². The molecule has 1 aliphatic carbocycles. The number of nitriles is 1. The van der Waals surface area contributed by atoms with E-state index in [-0.39, 0.29) is 19.1 Å². The SMILES string of the molecule is N#CCNC(=O)[C@H](CC1CCCCC1)NC(=O)OCc1ccccc1. The van der Waals surface area contributed by atoms with Crippen LogP contribution in [0.15, 0.2) is 30.3 Å². The number of carbonyl (C=O) groups is 2. The van der Waals surface area contributed by atoms with Gasteiger partial charge in [0.15, 0.2) is 0 Å². The van der Waals surface area contributed by atoms with E-state index in [4.69, 9.17) is 10.00 Å². The first-order valence-corrected chi connectivity index (χ1v) is 8.81. The number of rotatable bonds is 7. The molecule has 0 heterocycles. The Bertz CT molecular complexity index is 592. The molecule has 1 saturated carbocycles. The molecule has 2 amide bonds. The van der Waals surface area contributed by atoms with Gasteiger partial charge in [-0.2, -0.15) is 5.26 Å². The number of alkyl carbamates (subject to hydrolysis) is 1. The Labute approximate surface area is 148 Å². The van der Waals surface area contributed by atoms with Gasteiger partial charge in [0, 0.05) is 0 Å². The van der Waals surface area contributed by atoms with E-state index in [0.717, 1.165) is 31.2 Å². The summed E-state index contributed by atoms with van der Waals surface area (Å²) in [6.07, 6.45) is 5.67. The number of hydrogen-bond acceptors (Lipinski definition) is 4. The van der Waals surface area contributed by atoms with Gasteiger partial charge in [0.2, 0.25) is 5.91 Å². The maximum atomic E-state index is 12.3. The Kier molecular flexibility index (Phi) is 7.77. The third-order valence-corrected chi connectivity index (χ3v) is 4.46. The molecule has 1 aromatic carbocycles. The van der Waals surface area contributed by atoms with Gasteiger partial charge in [0.05, 0.1) is 6.07 Å². The minimum Gasteiger partial charge on any atom is -0.445 e. The highest BCUT2D eigenvalue weighted by molar-refractivity contribution is 5.85. The Hall–Kier alpha value is -2.55. The van der Waals surface area contributed by atoms with Crippen molar-refractivity contribution in [2.45, 2.75) is 51.2 Å². The highest BCUT2D eigenvalue weighted by Crippen LogP contribution is 2.27. The Morgan fingerprint density at radius 2 is 1.92 bits per heavy atom. The van der Waals surface area contributed by atoms with Crippen LogP contribution in [0.1, 0.15) is 44.1 Å². The molecular formula is C19H25N3O3. The van der Waals surface area contributed by atoms with E-state index in [1.807, 2.05) is 36.4 Å². The second-order valence-corrected chi connectivity index (χ2v) is 6.37. The summed E-state index contributed by atoms with van der Waals surface area (Å²) in [6, 6.07) is 10.6. The van der Waals surface area contributed by atoms with Gasteiger partial charge in [-0.1, -0.05) is 62.4 Å². The first-order chi connectivity index (χ1) is 12.2. The molecule has 25 heavy (non-hydrogen) atoms. The third-order valence-electron chi connectivity index (χ3n) is 4.46. The minimum atomic E-state index is -0.667. The lowest BCUT2D eigenvalue weighted by Crippen LogP contribution is -2.48. The maximum absolute atomic E-state index is 12.3. The van der Waals surface area contributed by atoms with Crippen molar-refractivity contribution < 1.29 is 14.3 Å². The second kappa shape index (κ2) is 10.3. The monoisotopic (exact) mass is 343 g/mol. The number of hydrogen-bond donors (Lipinski definition) is 2. The zero-order chi connectivity index (χ0) is 17.9. The first-order valence-electron chi connectivity index (χ1n) is 8.81. The van der Waals surface area contributed by atoms with Gasteiger partial charge in [-0.15, -0.1) is 0 Å². The topological polar surface area (TPSA) is 91.2 Å². The van der Waals surface area contributed by atoms with Gasteiger partial charge in [-0.05, 0) is 17.9 Å². The number of nitrogens with zero attached hydrogens (tertiary/aromatic N) is 1. The quantitative estimate of drug-likeness (QED) is 0.745. The first kappa shape index (κ1) is 18.8. The van der Waals surface area contributed by atoms with E-state index in [9.17, 15) is 9.59 Å². The summed E-state index contributed by atoms with van der Waals surface area (Å²) in [4.78, 5) is 24.3. The smallest absolute Gasteiger partial charge is 0.408 e. The van der Waals surface area contributed by atoms with Gasteiger partial charge >= 0.3 is 6.09 Å². The standard InChI is InChI=1S/C19H25N3O3/c20-11-12-21-18(23)17(13-15-7-3-1-4-8-15)22-19(24)25-14-16-9-5-2-6-10-16/h2,5-6,9-10,15,17H,1,3-4,7-8,12-14H2,(H,21,23)(H,22,24)/t17-/m0/s1. The van der Waals surface area contributed by atoms with Crippen molar-refractivity contribution >= 4 is 12.0 Å². The summed E-state index contributed by atoms with van der Waals surface area (Å²) in [7, 11) is 0. The summed E-state index contributed by atoms with van der Waals surface area (Å²) in [5.74, 6) is 0.0878. The summed E-state index contributed by atoms with van der Waals surface area (Å²) < 4.78 is 5.21. The molecule has 0 bridgehead atoms.